The van der Waals surface area contributed by atoms with Crippen LogP contribution in [0.15, 0.2) is 349 Å². The molecule has 0 spiro atoms. The fraction of sp³-hybridized carbons (Fsp3) is 0. The minimum absolute atomic E-state index is 0.828. The van der Waals surface area contributed by atoms with Crippen LogP contribution in [0.4, 0.5) is 34.1 Å². The van der Waals surface area contributed by atoms with Crippen molar-refractivity contribution in [1.82, 2.24) is 0 Å². The van der Waals surface area contributed by atoms with Gasteiger partial charge in [0.25, 0.3) is 0 Å². The van der Waals surface area contributed by atoms with E-state index in [1.165, 1.54) is 11.1 Å². The van der Waals surface area contributed by atoms with Gasteiger partial charge in [0.1, 0.15) is 22.3 Å². The highest BCUT2D eigenvalue weighted by Crippen LogP contribution is 2.51. The number of rotatable bonds is 13. The SMILES string of the molecule is c1ccc(-c2ccc(N(c3ccc(-c4c(-c5ccc6oc7ccccc7c6c5-c5ccc(N(c6ccc(-c7ccccc7)cc6)c6ccccc6-c6ccccc6)cc5)ccc5oc6ccccc6c45)cc3)c3ccccc3-c3ccccc3)cc2)cc1. The Labute approximate surface area is 511 Å². The summed E-state index contributed by atoms with van der Waals surface area (Å²) in [7, 11) is 0. The van der Waals surface area contributed by atoms with E-state index in [9.17, 15) is 0 Å². The number of nitrogens with zero attached hydrogens (tertiary/aromatic N) is 2. The normalized spacial score (nSPS) is 11.4. The fourth-order valence-electron chi connectivity index (χ4n) is 13.0. The van der Waals surface area contributed by atoms with Crippen LogP contribution in [0.3, 0.4) is 0 Å². The summed E-state index contributed by atoms with van der Waals surface area (Å²) in [6.07, 6.45) is 0. The molecule has 2 aromatic heterocycles. The minimum atomic E-state index is 0.828. The first-order chi connectivity index (χ1) is 43.7. The van der Waals surface area contributed by atoms with Crippen LogP contribution >= 0.6 is 0 Å². The largest absolute Gasteiger partial charge is 0.456 e. The molecule has 4 nitrogen and oxygen atoms in total. The molecule has 0 saturated heterocycles. The maximum atomic E-state index is 6.76. The summed E-state index contributed by atoms with van der Waals surface area (Å²) >= 11 is 0. The van der Waals surface area contributed by atoms with Crippen molar-refractivity contribution in [1.29, 1.82) is 0 Å². The van der Waals surface area contributed by atoms with E-state index in [2.05, 4.69) is 350 Å². The van der Waals surface area contributed by atoms with Gasteiger partial charge in [-0.2, -0.15) is 0 Å². The molecule has 0 bridgehead atoms. The van der Waals surface area contributed by atoms with Crippen LogP contribution in [0.1, 0.15) is 0 Å². The lowest BCUT2D eigenvalue weighted by molar-refractivity contribution is 0.668. The predicted molar refractivity (Wildman–Crippen MR) is 368 cm³/mol. The first kappa shape index (κ1) is 51.9. The van der Waals surface area contributed by atoms with Crippen molar-refractivity contribution < 1.29 is 8.83 Å². The van der Waals surface area contributed by atoms with Crippen LogP contribution < -0.4 is 9.80 Å². The summed E-state index contributed by atoms with van der Waals surface area (Å²) < 4.78 is 13.5. The van der Waals surface area contributed by atoms with E-state index in [0.717, 1.165) is 145 Å². The molecule has 16 aromatic rings. The summed E-state index contributed by atoms with van der Waals surface area (Å²) in [6.45, 7) is 0. The molecule has 88 heavy (non-hydrogen) atoms. The smallest absolute Gasteiger partial charge is 0.136 e. The van der Waals surface area contributed by atoms with E-state index < -0.39 is 0 Å². The predicted octanol–water partition coefficient (Wildman–Crippen LogP) is 24.1. The Kier molecular flexibility index (Phi) is 13.2. The lowest BCUT2D eigenvalue weighted by Gasteiger charge is -2.28. The van der Waals surface area contributed by atoms with Gasteiger partial charge in [-0.3, -0.25) is 0 Å². The van der Waals surface area contributed by atoms with Crippen LogP contribution in [0, 0.1) is 0 Å². The van der Waals surface area contributed by atoms with Crippen LogP contribution in [0.5, 0.6) is 0 Å². The summed E-state index contributed by atoms with van der Waals surface area (Å²) in [4.78, 5) is 4.77. The molecule has 0 radical (unpaired) electrons. The highest BCUT2D eigenvalue weighted by molar-refractivity contribution is 6.20. The summed E-state index contributed by atoms with van der Waals surface area (Å²) in [5.74, 6) is 0. The molecular weight excluding hydrogens is 1070 g/mol. The van der Waals surface area contributed by atoms with E-state index in [1.807, 2.05) is 0 Å². The average Bonchev–Trinajstić information content (AvgIpc) is 1.62. The zero-order valence-electron chi connectivity index (χ0n) is 48.0. The van der Waals surface area contributed by atoms with Crippen molar-refractivity contribution in [3.63, 3.8) is 0 Å². The highest BCUT2D eigenvalue weighted by atomic mass is 16.3. The third kappa shape index (κ3) is 9.37. The second kappa shape index (κ2) is 22.4. The van der Waals surface area contributed by atoms with Gasteiger partial charge in [0.05, 0.1) is 11.4 Å². The Morgan fingerprint density at radius 1 is 0.182 bits per heavy atom. The van der Waals surface area contributed by atoms with E-state index in [4.69, 9.17) is 8.83 Å². The van der Waals surface area contributed by atoms with Crippen molar-refractivity contribution in [2.45, 2.75) is 0 Å². The van der Waals surface area contributed by atoms with Crippen molar-refractivity contribution in [2.24, 2.45) is 0 Å². The van der Waals surface area contributed by atoms with Gasteiger partial charge in [-0.1, -0.05) is 243 Å². The zero-order valence-corrected chi connectivity index (χ0v) is 48.0. The van der Waals surface area contributed by atoms with Gasteiger partial charge in [-0.05, 0) is 153 Å². The Morgan fingerprint density at radius 2 is 0.466 bits per heavy atom. The molecule has 0 N–H and O–H groups in total. The van der Waals surface area contributed by atoms with Gasteiger partial charge in [-0.25, -0.2) is 0 Å². The Morgan fingerprint density at radius 3 is 0.830 bits per heavy atom. The fourth-order valence-corrected chi connectivity index (χ4v) is 13.0. The Hall–Kier alpha value is -11.7. The second-order valence-electron chi connectivity index (χ2n) is 22.3. The monoisotopic (exact) mass is 1120 g/mol. The number of para-hydroxylation sites is 4. The quantitative estimate of drug-likeness (QED) is 0.115. The first-order valence-electron chi connectivity index (χ1n) is 30.0. The molecule has 14 aromatic carbocycles. The highest BCUT2D eigenvalue weighted by Gasteiger charge is 2.26. The van der Waals surface area contributed by atoms with Gasteiger partial charge in [-0.15, -0.1) is 0 Å². The zero-order chi connectivity index (χ0) is 58.3. The van der Waals surface area contributed by atoms with Crippen LogP contribution in [-0.4, -0.2) is 0 Å². The number of hydrogen-bond donors (Lipinski definition) is 0. The van der Waals surface area contributed by atoms with Crippen LogP contribution in [0.25, 0.3) is 122 Å². The number of benzene rings is 14. The number of fused-ring (bicyclic) bond motifs is 6. The van der Waals surface area contributed by atoms with Crippen molar-refractivity contribution in [3.8, 4) is 77.9 Å². The Balaban J connectivity index is 0.875. The van der Waals surface area contributed by atoms with E-state index in [1.54, 1.807) is 0 Å². The second-order valence-corrected chi connectivity index (χ2v) is 22.3. The van der Waals surface area contributed by atoms with Gasteiger partial charge in [0, 0.05) is 66.5 Å². The standard InChI is InChI=1S/C84H56N2O2/c1-5-21-57(22-6-1)59-37-45-65(46-38-59)85(75-33-17-13-29-69(75)61-25-9-3-10-26-61)67-49-41-63(42-50-67)81-71(53-55-79-83(81)73-31-15-19-35-77(73)87-79)72-54-56-80-84(74-32-16-20-36-78(74)88-80)82(72)64-43-51-68(52-44-64)86(66-47-39-60(40-48-66)58-23-7-2-8-24-58)76-34-18-14-30-70(76)62-27-11-4-12-28-62/h1-56H. The number of hydrogen-bond acceptors (Lipinski definition) is 4. The van der Waals surface area contributed by atoms with Crippen molar-refractivity contribution in [3.05, 3.63) is 340 Å². The molecule has 0 aliphatic carbocycles. The molecule has 4 heteroatoms. The van der Waals surface area contributed by atoms with Gasteiger partial charge < -0.3 is 18.6 Å². The van der Waals surface area contributed by atoms with Gasteiger partial charge in [0.2, 0.25) is 0 Å². The molecular formula is C84H56N2O2. The molecule has 0 saturated carbocycles. The lowest BCUT2D eigenvalue weighted by atomic mass is 9.85. The maximum absolute atomic E-state index is 6.76. The van der Waals surface area contributed by atoms with Crippen LogP contribution in [0.2, 0.25) is 0 Å². The van der Waals surface area contributed by atoms with Crippen LogP contribution in [-0.2, 0) is 0 Å². The summed E-state index contributed by atoms with van der Waals surface area (Å²) in [5, 5.41) is 4.24. The van der Waals surface area contributed by atoms with Crippen molar-refractivity contribution in [2.75, 3.05) is 9.80 Å². The third-order valence-corrected chi connectivity index (χ3v) is 17.1. The first-order valence-corrected chi connectivity index (χ1v) is 30.0. The van der Waals surface area contributed by atoms with E-state index >= 15 is 0 Å². The molecule has 414 valence electrons. The van der Waals surface area contributed by atoms with Gasteiger partial charge in [0.15, 0.2) is 0 Å². The molecule has 16 rings (SSSR count). The number of furan rings is 2. The molecule has 0 aliphatic heterocycles. The number of anilines is 6. The molecule has 2 heterocycles. The molecule has 0 aliphatic rings. The lowest BCUT2D eigenvalue weighted by Crippen LogP contribution is -2.11. The van der Waals surface area contributed by atoms with E-state index in [-0.39, 0.29) is 0 Å². The third-order valence-electron chi connectivity index (χ3n) is 17.1. The molecule has 0 amide bonds. The molecule has 0 atom stereocenters. The molecule has 0 unspecified atom stereocenters. The Bertz CT molecular complexity index is 4820. The molecule has 0 fully saturated rings. The average molecular weight is 1130 g/mol. The maximum Gasteiger partial charge on any atom is 0.136 e. The van der Waals surface area contributed by atoms with E-state index in [0.29, 0.717) is 0 Å². The minimum Gasteiger partial charge on any atom is -0.456 e. The topological polar surface area (TPSA) is 32.8 Å². The summed E-state index contributed by atoms with van der Waals surface area (Å²) in [6, 6.07) is 122. The van der Waals surface area contributed by atoms with Gasteiger partial charge >= 0.3 is 0 Å². The summed E-state index contributed by atoms with van der Waals surface area (Å²) in [5.41, 5.74) is 25.4. The van der Waals surface area contributed by atoms with Crippen molar-refractivity contribution >= 4 is 78.0 Å².